The number of anilines is 1. The van der Waals surface area contributed by atoms with E-state index >= 15 is 17.6 Å². The Balaban J connectivity index is 1.60. The molecule has 3 heterocycles. The summed E-state index contributed by atoms with van der Waals surface area (Å²) in [5.41, 5.74) is -4.70. The molecule has 242 valence electrons. The summed E-state index contributed by atoms with van der Waals surface area (Å²) in [5.74, 6) is -12.2. The molecule has 1 unspecified atom stereocenters. The summed E-state index contributed by atoms with van der Waals surface area (Å²) in [6.07, 6.45) is -3.63. The zero-order chi connectivity index (χ0) is 33.0. The van der Waals surface area contributed by atoms with Gasteiger partial charge in [-0.1, -0.05) is 0 Å². The van der Waals surface area contributed by atoms with Gasteiger partial charge >= 0.3 is 6.09 Å². The molecule has 2 amide bonds. The number of halogens is 7. The Labute approximate surface area is 251 Å². The zero-order valence-electron chi connectivity index (χ0n) is 24.3. The summed E-state index contributed by atoms with van der Waals surface area (Å²) in [6, 6.07) is 1.25. The molecule has 16 heteroatoms. The van der Waals surface area contributed by atoms with Crippen molar-refractivity contribution in [1.82, 2.24) is 19.8 Å². The van der Waals surface area contributed by atoms with E-state index in [1.165, 1.54) is 15.1 Å². The molecule has 0 bridgehead atoms. The number of carbonyl (C=O) groups is 2. The maximum Gasteiger partial charge on any atom is 0.410 e. The molecular weight excluding hydrogens is 615 g/mol. The van der Waals surface area contributed by atoms with Gasteiger partial charge in [-0.05, 0) is 39.7 Å². The van der Waals surface area contributed by atoms with E-state index < -0.39 is 86.7 Å². The maximum atomic E-state index is 15.5. The summed E-state index contributed by atoms with van der Waals surface area (Å²) in [4.78, 5) is 45.8. The summed E-state index contributed by atoms with van der Waals surface area (Å²) < 4.78 is 108. The fraction of sp³-hybridized carbons (Fsp3) is 0.448. The van der Waals surface area contributed by atoms with Gasteiger partial charge in [0.2, 0.25) is 11.2 Å². The highest BCUT2D eigenvalue weighted by molar-refractivity contribution is 5.97. The van der Waals surface area contributed by atoms with Crippen LogP contribution in [0.1, 0.15) is 44.0 Å². The Morgan fingerprint density at radius 3 is 2.11 bits per heavy atom. The Morgan fingerprint density at radius 1 is 0.978 bits per heavy atom. The van der Waals surface area contributed by atoms with Crippen molar-refractivity contribution in [2.75, 3.05) is 31.1 Å². The van der Waals surface area contributed by atoms with Crippen molar-refractivity contribution in [3.05, 3.63) is 63.5 Å². The third-order valence-corrected chi connectivity index (χ3v) is 7.41. The number of hydrogen-bond donors (Lipinski definition) is 1. The van der Waals surface area contributed by atoms with Crippen molar-refractivity contribution in [1.29, 1.82) is 0 Å². The van der Waals surface area contributed by atoms with Crippen LogP contribution in [0.3, 0.4) is 0 Å². The highest BCUT2D eigenvalue weighted by Gasteiger charge is 2.54. The first-order chi connectivity index (χ1) is 21.0. The number of pyridine rings is 2. The Kier molecular flexibility index (Phi) is 8.21. The van der Waals surface area contributed by atoms with Crippen LogP contribution in [0.4, 0.5) is 41.3 Å². The first kappa shape index (κ1) is 32.0. The standard InChI is InChI=1S/C29H28F7N5O4/c1-28(2,3)45-27(44)40-8-6-39(7-9-40)24-20(33)12-16-22(42)17(25(43)38-29(36,26(34)35)14-4-5-14)13-41(23(16)37-24)21-18(31)10-15(30)11-19(21)32/h10-14,26H,4-9H2,1-3H3,(H,38,43). The number of nitrogens with one attached hydrogen (secondary N) is 1. The number of carbonyl (C=O) groups excluding carboxylic acids is 2. The normalized spacial score (nSPS) is 17.0. The van der Waals surface area contributed by atoms with Crippen LogP contribution in [0, 0.1) is 29.2 Å². The van der Waals surface area contributed by atoms with Crippen LogP contribution in [0.2, 0.25) is 0 Å². The van der Waals surface area contributed by atoms with Crippen molar-refractivity contribution >= 4 is 28.9 Å². The van der Waals surface area contributed by atoms with Crippen LogP contribution in [-0.4, -0.2) is 70.4 Å². The molecule has 1 atom stereocenters. The van der Waals surface area contributed by atoms with E-state index in [0.717, 1.165) is 0 Å². The molecule has 1 aromatic carbocycles. The van der Waals surface area contributed by atoms with Gasteiger partial charge < -0.3 is 19.9 Å². The van der Waals surface area contributed by atoms with Gasteiger partial charge in [0.15, 0.2) is 28.9 Å². The minimum absolute atomic E-state index is 0.0338. The second-order valence-electron chi connectivity index (χ2n) is 11.9. The van der Waals surface area contributed by atoms with E-state index in [1.807, 2.05) is 0 Å². The van der Waals surface area contributed by atoms with E-state index in [-0.39, 0.29) is 44.8 Å². The lowest BCUT2D eigenvalue weighted by atomic mass is 10.1. The molecule has 2 aliphatic rings. The van der Waals surface area contributed by atoms with Crippen molar-refractivity contribution in [3.8, 4) is 5.69 Å². The third-order valence-electron chi connectivity index (χ3n) is 7.41. The number of benzene rings is 1. The lowest BCUT2D eigenvalue weighted by Crippen LogP contribution is -2.53. The monoisotopic (exact) mass is 643 g/mol. The first-order valence-electron chi connectivity index (χ1n) is 13.9. The van der Waals surface area contributed by atoms with E-state index in [4.69, 9.17) is 4.74 Å². The number of fused-ring (bicyclic) bond motifs is 1. The zero-order valence-corrected chi connectivity index (χ0v) is 24.3. The average Bonchev–Trinajstić information content (AvgIpc) is 3.79. The molecular formula is C29H28F7N5O4. The average molecular weight is 644 g/mol. The van der Waals surface area contributed by atoms with Gasteiger partial charge in [0.1, 0.15) is 22.7 Å². The van der Waals surface area contributed by atoms with Crippen LogP contribution in [0.15, 0.2) is 29.2 Å². The second-order valence-corrected chi connectivity index (χ2v) is 11.9. The van der Waals surface area contributed by atoms with Crippen LogP contribution in [0.25, 0.3) is 16.7 Å². The largest absolute Gasteiger partial charge is 0.444 e. The number of rotatable bonds is 6. The molecule has 1 saturated heterocycles. The highest BCUT2D eigenvalue weighted by atomic mass is 19.3. The number of ether oxygens (including phenoxy) is 1. The van der Waals surface area contributed by atoms with Crippen molar-refractivity contribution in [2.24, 2.45) is 5.92 Å². The number of aromatic nitrogens is 2. The smallest absolute Gasteiger partial charge is 0.410 e. The molecule has 3 aromatic rings. The van der Waals surface area contributed by atoms with Crippen LogP contribution in [-0.2, 0) is 4.74 Å². The van der Waals surface area contributed by atoms with Crippen molar-refractivity contribution in [3.63, 3.8) is 0 Å². The Morgan fingerprint density at radius 2 is 1.58 bits per heavy atom. The van der Waals surface area contributed by atoms with Crippen LogP contribution in [0.5, 0.6) is 0 Å². The molecule has 2 fully saturated rings. The van der Waals surface area contributed by atoms with Gasteiger partial charge in [-0.3, -0.25) is 14.2 Å². The van der Waals surface area contributed by atoms with E-state index in [9.17, 15) is 27.6 Å². The fourth-order valence-corrected chi connectivity index (χ4v) is 5.04. The molecule has 1 N–H and O–H groups in total. The number of nitrogens with zero attached hydrogens (tertiary/aromatic N) is 4. The summed E-state index contributed by atoms with van der Waals surface area (Å²) in [6.45, 7) is 5.30. The highest BCUT2D eigenvalue weighted by Crippen LogP contribution is 2.44. The SMILES string of the molecule is CC(C)(C)OC(=O)N1CCN(c2nc3c(cc2F)c(=O)c(C(=O)NC(F)(C(F)F)C2CC2)cn3-c2c(F)cc(F)cc2F)CC1. The minimum atomic E-state index is -3.67. The number of amides is 2. The Hall–Kier alpha value is -4.37. The molecule has 9 nitrogen and oxygen atoms in total. The van der Waals surface area contributed by atoms with Crippen molar-refractivity contribution in [2.45, 2.75) is 51.4 Å². The predicted molar refractivity (Wildman–Crippen MR) is 147 cm³/mol. The topological polar surface area (TPSA) is 96.8 Å². The summed E-state index contributed by atoms with van der Waals surface area (Å²) >= 11 is 0. The molecule has 0 spiro atoms. The van der Waals surface area contributed by atoms with Crippen molar-refractivity contribution < 1.29 is 45.1 Å². The third kappa shape index (κ3) is 6.27. The second kappa shape index (κ2) is 11.5. The van der Waals surface area contributed by atoms with Gasteiger partial charge in [0.05, 0.1) is 5.39 Å². The molecule has 45 heavy (non-hydrogen) atoms. The molecule has 1 aliphatic heterocycles. The predicted octanol–water partition coefficient (Wildman–Crippen LogP) is 5.07. The lowest BCUT2D eigenvalue weighted by molar-refractivity contribution is -0.0671. The van der Waals surface area contributed by atoms with Gasteiger partial charge in [0.25, 0.3) is 12.3 Å². The number of hydrogen-bond acceptors (Lipinski definition) is 6. The maximum absolute atomic E-state index is 15.5. The molecule has 2 aromatic heterocycles. The number of alkyl halides is 3. The number of piperazine rings is 1. The summed E-state index contributed by atoms with van der Waals surface area (Å²) in [5, 5.41) is 0.816. The first-order valence-corrected chi connectivity index (χ1v) is 13.9. The van der Waals surface area contributed by atoms with E-state index in [2.05, 4.69) is 4.98 Å². The van der Waals surface area contributed by atoms with Gasteiger partial charge in [-0.15, -0.1) is 0 Å². The molecule has 1 aliphatic carbocycles. The van der Waals surface area contributed by atoms with E-state index in [0.29, 0.717) is 29.0 Å². The Bertz CT molecular complexity index is 1710. The lowest BCUT2D eigenvalue weighted by Gasteiger charge is -2.36. The fourth-order valence-electron chi connectivity index (χ4n) is 5.04. The van der Waals surface area contributed by atoms with E-state index in [1.54, 1.807) is 20.8 Å². The molecule has 1 saturated carbocycles. The van der Waals surface area contributed by atoms with Gasteiger partial charge in [0, 0.05) is 50.4 Å². The van der Waals surface area contributed by atoms with Crippen LogP contribution >= 0.6 is 0 Å². The minimum Gasteiger partial charge on any atom is -0.444 e. The van der Waals surface area contributed by atoms with Crippen LogP contribution < -0.4 is 15.6 Å². The molecule has 0 radical (unpaired) electrons. The quantitative estimate of drug-likeness (QED) is 0.298. The van der Waals surface area contributed by atoms with Gasteiger partial charge in [-0.2, -0.15) is 0 Å². The van der Waals surface area contributed by atoms with Gasteiger partial charge in [-0.25, -0.2) is 40.5 Å². The summed E-state index contributed by atoms with van der Waals surface area (Å²) in [7, 11) is 0. The molecule has 5 rings (SSSR count).